The highest BCUT2D eigenvalue weighted by atomic mass is 16.1. The Balaban J connectivity index is 1.79. The fourth-order valence-corrected chi connectivity index (χ4v) is 2.47. The monoisotopic (exact) mass is 251 g/mol. The summed E-state index contributed by atoms with van der Waals surface area (Å²) in [6.07, 6.45) is 2.31. The number of carbonyl (C=O) groups excluding carboxylic acids is 1. The lowest BCUT2D eigenvalue weighted by atomic mass is 9.93. The molecule has 0 aromatic heterocycles. The molecule has 3 rings (SSSR count). The molecule has 0 aliphatic heterocycles. The van der Waals surface area contributed by atoms with Gasteiger partial charge < -0.3 is 5.32 Å². The molecule has 2 heteroatoms. The molecule has 1 unspecified atom stereocenters. The third kappa shape index (κ3) is 2.84. The summed E-state index contributed by atoms with van der Waals surface area (Å²) in [7, 11) is 0. The van der Waals surface area contributed by atoms with E-state index in [1.807, 2.05) is 60.7 Å². The van der Waals surface area contributed by atoms with Crippen LogP contribution in [0.1, 0.15) is 24.3 Å². The lowest BCUT2D eigenvalue weighted by molar-refractivity contribution is -0.118. The average Bonchev–Trinajstić information content (AvgIpc) is 3.26. The summed E-state index contributed by atoms with van der Waals surface area (Å²) in [5.74, 6) is 0.604. The van der Waals surface area contributed by atoms with Crippen molar-refractivity contribution in [3.63, 3.8) is 0 Å². The number of anilines is 1. The van der Waals surface area contributed by atoms with Crippen molar-refractivity contribution in [2.24, 2.45) is 5.92 Å². The van der Waals surface area contributed by atoms with Gasteiger partial charge in [-0.05, 0) is 36.5 Å². The Morgan fingerprint density at radius 2 is 1.53 bits per heavy atom. The summed E-state index contributed by atoms with van der Waals surface area (Å²) in [4.78, 5) is 12.5. The van der Waals surface area contributed by atoms with Crippen LogP contribution in [-0.4, -0.2) is 5.91 Å². The number of para-hydroxylation sites is 1. The van der Waals surface area contributed by atoms with E-state index in [0.29, 0.717) is 5.92 Å². The molecule has 2 aromatic carbocycles. The maximum absolute atomic E-state index is 12.5. The molecule has 2 aromatic rings. The molecule has 2 nitrogen and oxygen atoms in total. The van der Waals surface area contributed by atoms with Gasteiger partial charge in [-0.2, -0.15) is 0 Å². The Morgan fingerprint density at radius 1 is 0.947 bits per heavy atom. The normalized spacial score (nSPS) is 15.8. The van der Waals surface area contributed by atoms with Crippen molar-refractivity contribution in [1.82, 2.24) is 0 Å². The van der Waals surface area contributed by atoms with Crippen molar-refractivity contribution in [3.05, 3.63) is 66.2 Å². The first kappa shape index (κ1) is 12.0. The zero-order valence-corrected chi connectivity index (χ0v) is 10.8. The summed E-state index contributed by atoms with van der Waals surface area (Å²) in [6, 6.07) is 19.8. The molecule has 1 amide bonds. The maximum Gasteiger partial charge on any atom is 0.232 e. The average molecular weight is 251 g/mol. The summed E-state index contributed by atoms with van der Waals surface area (Å²) < 4.78 is 0. The molecule has 0 saturated heterocycles. The van der Waals surface area contributed by atoms with Gasteiger partial charge in [0.15, 0.2) is 0 Å². The summed E-state index contributed by atoms with van der Waals surface area (Å²) in [5, 5.41) is 3.02. The predicted molar refractivity (Wildman–Crippen MR) is 77.0 cm³/mol. The van der Waals surface area contributed by atoms with Crippen LogP contribution in [-0.2, 0) is 4.79 Å². The Labute approximate surface area is 113 Å². The molecular formula is C17H17NO. The maximum atomic E-state index is 12.5. The molecule has 0 bridgehead atoms. The van der Waals surface area contributed by atoms with Crippen molar-refractivity contribution < 1.29 is 4.79 Å². The second-order valence-corrected chi connectivity index (χ2v) is 5.08. The van der Waals surface area contributed by atoms with E-state index in [2.05, 4.69) is 5.32 Å². The quantitative estimate of drug-likeness (QED) is 0.879. The van der Waals surface area contributed by atoms with Crippen molar-refractivity contribution in [2.45, 2.75) is 18.8 Å². The zero-order valence-electron chi connectivity index (χ0n) is 10.8. The fourth-order valence-electron chi connectivity index (χ4n) is 2.47. The van der Waals surface area contributed by atoms with Crippen molar-refractivity contribution >= 4 is 11.6 Å². The standard InChI is InChI=1S/C17H17NO/c19-17(18-15-9-5-2-6-10-15)16(14-11-12-14)13-7-3-1-4-8-13/h1-10,14,16H,11-12H2,(H,18,19). The molecule has 0 radical (unpaired) electrons. The minimum atomic E-state index is -0.0126. The van der Waals surface area contributed by atoms with Gasteiger partial charge in [-0.1, -0.05) is 48.5 Å². The number of hydrogen-bond acceptors (Lipinski definition) is 1. The van der Waals surface area contributed by atoms with Gasteiger partial charge in [-0.25, -0.2) is 0 Å². The SMILES string of the molecule is O=C(Nc1ccccc1)C(c1ccccc1)C1CC1. The van der Waals surface area contributed by atoms with Crippen LogP contribution in [0.15, 0.2) is 60.7 Å². The van der Waals surface area contributed by atoms with E-state index in [0.717, 1.165) is 24.1 Å². The lowest BCUT2D eigenvalue weighted by Crippen LogP contribution is -2.22. The number of carbonyl (C=O) groups is 1. The second kappa shape index (κ2) is 5.27. The van der Waals surface area contributed by atoms with Gasteiger partial charge in [0.2, 0.25) is 5.91 Å². The molecule has 1 fully saturated rings. The Morgan fingerprint density at radius 3 is 2.11 bits per heavy atom. The van der Waals surface area contributed by atoms with Gasteiger partial charge in [0.05, 0.1) is 5.92 Å². The smallest absolute Gasteiger partial charge is 0.232 e. The predicted octanol–water partition coefficient (Wildman–Crippen LogP) is 3.82. The molecule has 1 saturated carbocycles. The van der Waals surface area contributed by atoms with Crippen molar-refractivity contribution in [2.75, 3.05) is 5.32 Å². The molecule has 0 spiro atoms. The third-order valence-electron chi connectivity index (χ3n) is 3.58. The van der Waals surface area contributed by atoms with E-state index in [9.17, 15) is 4.79 Å². The highest BCUT2D eigenvalue weighted by Gasteiger charge is 2.37. The largest absolute Gasteiger partial charge is 0.326 e. The number of amides is 1. The van der Waals surface area contributed by atoms with Crippen LogP contribution in [0.4, 0.5) is 5.69 Å². The first-order valence-electron chi connectivity index (χ1n) is 6.75. The summed E-state index contributed by atoms with van der Waals surface area (Å²) >= 11 is 0. The first-order valence-corrected chi connectivity index (χ1v) is 6.75. The third-order valence-corrected chi connectivity index (χ3v) is 3.58. The van der Waals surface area contributed by atoms with Crippen molar-refractivity contribution in [3.8, 4) is 0 Å². The first-order chi connectivity index (χ1) is 9.34. The minimum absolute atomic E-state index is 0.0126. The van der Waals surface area contributed by atoms with E-state index < -0.39 is 0 Å². The van der Waals surface area contributed by atoms with Crippen LogP contribution < -0.4 is 5.32 Å². The second-order valence-electron chi connectivity index (χ2n) is 5.08. The lowest BCUT2D eigenvalue weighted by Gasteiger charge is -2.16. The molecule has 1 aliphatic rings. The van der Waals surface area contributed by atoms with E-state index in [1.54, 1.807) is 0 Å². The van der Waals surface area contributed by atoms with Gasteiger partial charge in [-0.15, -0.1) is 0 Å². The van der Waals surface area contributed by atoms with Gasteiger partial charge in [0.25, 0.3) is 0 Å². The zero-order chi connectivity index (χ0) is 13.1. The van der Waals surface area contributed by atoms with E-state index >= 15 is 0 Å². The van der Waals surface area contributed by atoms with E-state index in [4.69, 9.17) is 0 Å². The van der Waals surface area contributed by atoms with Crippen LogP contribution >= 0.6 is 0 Å². The minimum Gasteiger partial charge on any atom is -0.326 e. The molecule has 19 heavy (non-hydrogen) atoms. The molecule has 96 valence electrons. The highest BCUT2D eigenvalue weighted by Crippen LogP contribution is 2.43. The molecule has 1 atom stereocenters. The van der Waals surface area contributed by atoms with Crippen LogP contribution in [0.3, 0.4) is 0 Å². The fraction of sp³-hybridized carbons (Fsp3) is 0.235. The molecule has 1 N–H and O–H groups in total. The summed E-state index contributed by atoms with van der Waals surface area (Å²) in [6.45, 7) is 0. The molecule has 0 heterocycles. The summed E-state index contributed by atoms with van der Waals surface area (Å²) in [5.41, 5.74) is 1.99. The molecule has 1 aliphatic carbocycles. The Bertz CT molecular complexity index is 546. The highest BCUT2D eigenvalue weighted by molar-refractivity contribution is 5.96. The Hall–Kier alpha value is -2.09. The van der Waals surface area contributed by atoms with Gasteiger partial charge in [0, 0.05) is 5.69 Å². The number of nitrogens with one attached hydrogen (secondary N) is 1. The van der Waals surface area contributed by atoms with E-state index in [-0.39, 0.29) is 11.8 Å². The van der Waals surface area contributed by atoms with Crippen LogP contribution in [0.2, 0.25) is 0 Å². The van der Waals surface area contributed by atoms with Crippen LogP contribution in [0.25, 0.3) is 0 Å². The van der Waals surface area contributed by atoms with E-state index in [1.165, 1.54) is 0 Å². The Kier molecular flexibility index (Phi) is 3.32. The number of hydrogen-bond donors (Lipinski definition) is 1. The number of rotatable bonds is 4. The van der Waals surface area contributed by atoms with Crippen molar-refractivity contribution in [1.29, 1.82) is 0 Å². The van der Waals surface area contributed by atoms with Gasteiger partial charge >= 0.3 is 0 Å². The topological polar surface area (TPSA) is 29.1 Å². The van der Waals surface area contributed by atoms with Gasteiger partial charge in [-0.3, -0.25) is 4.79 Å². The van der Waals surface area contributed by atoms with Gasteiger partial charge in [0.1, 0.15) is 0 Å². The molecular weight excluding hydrogens is 234 g/mol. The number of benzene rings is 2. The van der Waals surface area contributed by atoms with Crippen LogP contribution in [0.5, 0.6) is 0 Å². The van der Waals surface area contributed by atoms with Crippen LogP contribution in [0, 0.1) is 5.92 Å².